The number of Topliss-reactive ketones (excluding diaryl/α,β-unsaturated/α-hetero) is 3. The summed E-state index contributed by atoms with van der Waals surface area (Å²) in [5, 5.41) is 4.42. The average molecular weight is 557 g/mol. The number of nitrogens with one attached hydrogen (secondary N) is 1. The van der Waals surface area contributed by atoms with Crippen LogP contribution in [0.3, 0.4) is 0 Å². The van der Waals surface area contributed by atoms with Gasteiger partial charge < -0.3 is 10.2 Å². The predicted molar refractivity (Wildman–Crippen MR) is 155 cm³/mol. The zero-order chi connectivity index (χ0) is 27.6. The number of carbonyl (C=O) groups is 3. The van der Waals surface area contributed by atoms with E-state index in [0.29, 0.717) is 50.8 Å². The van der Waals surface area contributed by atoms with Crippen LogP contribution < -0.4 is 10.2 Å². The van der Waals surface area contributed by atoms with E-state index in [1.165, 1.54) is 0 Å². The second-order valence-corrected chi connectivity index (χ2v) is 11.9. The van der Waals surface area contributed by atoms with Crippen molar-refractivity contribution in [3.05, 3.63) is 116 Å². The van der Waals surface area contributed by atoms with Gasteiger partial charge in [0, 0.05) is 44.6 Å². The van der Waals surface area contributed by atoms with Gasteiger partial charge in [0.05, 0.1) is 23.0 Å². The molecule has 6 rings (SSSR count). The number of anilines is 2. The molecule has 0 unspecified atom stereocenters. The molecule has 0 bridgehead atoms. The van der Waals surface area contributed by atoms with Crippen molar-refractivity contribution in [1.82, 2.24) is 0 Å². The predicted octanol–water partition coefficient (Wildman–Crippen LogP) is 7.96. The normalized spacial score (nSPS) is 19.8. The highest BCUT2D eigenvalue weighted by molar-refractivity contribution is 6.40. The van der Waals surface area contributed by atoms with E-state index in [1.54, 1.807) is 43.3 Å². The van der Waals surface area contributed by atoms with E-state index in [2.05, 4.69) is 19.2 Å². The van der Waals surface area contributed by atoms with Crippen molar-refractivity contribution in [3.63, 3.8) is 0 Å². The molecule has 5 nitrogen and oxygen atoms in total. The van der Waals surface area contributed by atoms with Crippen molar-refractivity contribution in [2.75, 3.05) is 10.2 Å². The molecule has 1 aliphatic heterocycles. The summed E-state index contributed by atoms with van der Waals surface area (Å²) in [4.78, 5) is 43.2. The third-order valence-electron chi connectivity index (χ3n) is 7.75. The Morgan fingerprint density at radius 3 is 2.21 bits per heavy atom. The molecule has 0 amide bonds. The van der Waals surface area contributed by atoms with Crippen molar-refractivity contribution in [2.45, 2.75) is 39.7 Å². The Kier molecular flexibility index (Phi) is 6.05. The third-order valence-corrected chi connectivity index (χ3v) is 8.31. The van der Waals surface area contributed by atoms with E-state index in [9.17, 15) is 14.4 Å². The van der Waals surface area contributed by atoms with Gasteiger partial charge in [-0.2, -0.15) is 0 Å². The topological polar surface area (TPSA) is 66.5 Å². The summed E-state index contributed by atoms with van der Waals surface area (Å²) in [6, 6.07) is 19.1. The lowest BCUT2D eigenvalue weighted by molar-refractivity contribution is -0.118. The molecule has 0 radical (unpaired) electrons. The van der Waals surface area contributed by atoms with Crippen LogP contribution in [-0.2, 0) is 4.79 Å². The quantitative estimate of drug-likeness (QED) is 0.256. The molecule has 1 heterocycles. The number of fused-ring (bicyclic) bond motifs is 2. The van der Waals surface area contributed by atoms with Gasteiger partial charge in [-0.25, -0.2) is 0 Å². The summed E-state index contributed by atoms with van der Waals surface area (Å²) in [5.41, 5.74) is 4.63. The molecule has 0 fully saturated rings. The van der Waals surface area contributed by atoms with Gasteiger partial charge >= 0.3 is 0 Å². The van der Waals surface area contributed by atoms with E-state index in [4.69, 9.17) is 23.2 Å². The van der Waals surface area contributed by atoms with Crippen molar-refractivity contribution in [3.8, 4) is 0 Å². The Bertz CT molecular complexity index is 1630. The van der Waals surface area contributed by atoms with Crippen molar-refractivity contribution < 1.29 is 14.4 Å². The lowest BCUT2D eigenvalue weighted by atomic mass is 9.73. The first kappa shape index (κ1) is 25.6. The molecule has 0 saturated heterocycles. The molecular formula is C32H26Cl2N2O3. The summed E-state index contributed by atoms with van der Waals surface area (Å²) in [7, 11) is 0. The number of benzene rings is 3. The number of hydrogen-bond acceptors (Lipinski definition) is 5. The fourth-order valence-electron chi connectivity index (χ4n) is 6.08. The Morgan fingerprint density at radius 1 is 0.897 bits per heavy atom. The number of ketones is 3. The van der Waals surface area contributed by atoms with Gasteiger partial charge in [0.15, 0.2) is 17.3 Å². The van der Waals surface area contributed by atoms with Crippen LogP contribution in [0, 0.1) is 5.41 Å². The molecule has 1 N–H and O–H groups in total. The number of allylic oxidation sites excluding steroid dienone is 3. The number of halogens is 2. The Hall–Kier alpha value is -3.67. The average Bonchev–Trinajstić information content (AvgIpc) is 3.04. The zero-order valence-corrected chi connectivity index (χ0v) is 23.3. The smallest absolute Gasteiger partial charge is 0.199 e. The fourth-order valence-corrected chi connectivity index (χ4v) is 6.59. The number of para-hydroxylation sites is 2. The van der Waals surface area contributed by atoms with Gasteiger partial charge in [-0.3, -0.25) is 14.4 Å². The van der Waals surface area contributed by atoms with Crippen molar-refractivity contribution in [2.24, 2.45) is 5.41 Å². The Morgan fingerprint density at radius 2 is 1.54 bits per heavy atom. The largest absolute Gasteiger partial charge is 0.357 e. The second kappa shape index (κ2) is 9.22. The van der Waals surface area contributed by atoms with Crippen molar-refractivity contribution in [1.29, 1.82) is 0 Å². The van der Waals surface area contributed by atoms with Crippen LogP contribution in [-0.4, -0.2) is 17.3 Å². The zero-order valence-electron chi connectivity index (χ0n) is 21.8. The van der Waals surface area contributed by atoms with Crippen LogP contribution in [0.1, 0.15) is 65.9 Å². The third kappa shape index (κ3) is 4.12. The van der Waals surface area contributed by atoms with Crippen molar-refractivity contribution >= 4 is 51.9 Å². The van der Waals surface area contributed by atoms with Crippen LogP contribution in [0.2, 0.25) is 10.0 Å². The first-order chi connectivity index (χ1) is 18.6. The maximum atomic E-state index is 14.0. The van der Waals surface area contributed by atoms with Gasteiger partial charge in [0.1, 0.15) is 0 Å². The summed E-state index contributed by atoms with van der Waals surface area (Å²) in [5.74, 6) is -0.657. The molecular weight excluding hydrogens is 531 g/mol. The lowest BCUT2D eigenvalue weighted by Gasteiger charge is -2.39. The highest BCUT2D eigenvalue weighted by atomic mass is 35.5. The van der Waals surface area contributed by atoms with E-state index in [0.717, 1.165) is 17.1 Å². The molecule has 0 aromatic heterocycles. The van der Waals surface area contributed by atoms with Crippen LogP contribution >= 0.6 is 23.2 Å². The van der Waals surface area contributed by atoms with Crippen LogP contribution in [0.4, 0.5) is 11.4 Å². The highest BCUT2D eigenvalue weighted by Crippen LogP contribution is 2.51. The maximum Gasteiger partial charge on any atom is 0.199 e. The molecule has 1 atom stereocenters. The number of carbonyl (C=O) groups excluding carboxylic acids is 3. The van der Waals surface area contributed by atoms with Crippen LogP contribution in [0.15, 0.2) is 89.3 Å². The van der Waals surface area contributed by atoms with E-state index in [1.807, 2.05) is 35.2 Å². The van der Waals surface area contributed by atoms with Gasteiger partial charge in [0.25, 0.3) is 0 Å². The first-order valence-corrected chi connectivity index (χ1v) is 13.6. The Balaban J connectivity index is 1.68. The molecule has 39 heavy (non-hydrogen) atoms. The summed E-state index contributed by atoms with van der Waals surface area (Å²) < 4.78 is 0. The van der Waals surface area contributed by atoms with E-state index < -0.39 is 6.04 Å². The van der Waals surface area contributed by atoms with Gasteiger partial charge in [0.2, 0.25) is 0 Å². The summed E-state index contributed by atoms with van der Waals surface area (Å²) in [6.45, 7) is 5.93. The standard InChI is InChI=1S/C32H26Cl2N2O3/c1-17(27-30(38)19-8-4-5-9-20(19)31(27)39)36-25-11-7-6-10-23(25)35-24-15-32(2,3)16-26(37)28(24)29(36)21-13-12-18(33)14-22(21)34/h4-14,29,35H,15-16H2,1-3H3/t29-/m0/s1. The first-order valence-electron chi connectivity index (χ1n) is 12.8. The minimum Gasteiger partial charge on any atom is -0.357 e. The van der Waals surface area contributed by atoms with E-state index in [-0.39, 0.29) is 28.3 Å². The molecule has 196 valence electrons. The maximum absolute atomic E-state index is 14.0. The second-order valence-electron chi connectivity index (χ2n) is 11.1. The molecule has 0 saturated carbocycles. The molecule has 3 aliphatic rings. The summed E-state index contributed by atoms with van der Waals surface area (Å²) >= 11 is 13.1. The lowest BCUT2D eigenvalue weighted by Crippen LogP contribution is -2.36. The SMILES string of the molecule is CC(=C1C(=O)c2ccccc2C1=O)N1c2ccccc2NC2=C(C(=O)CC(C)(C)C2)[C@@H]1c1ccc(Cl)cc1Cl. The van der Waals surface area contributed by atoms with Gasteiger partial charge in [-0.1, -0.05) is 79.5 Å². The molecule has 3 aromatic rings. The molecule has 3 aromatic carbocycles. The monoisotopic (exact) mass is 556 g/mol. The fraction of sp³-hybridized carbons (Fsp3) is 0.219. The minimum absolute atomic E-state index is 0.00673. The molecule has 2 aliphatic carbocycles. The molecule has 7 heteroatoms. The number of rotatable bonds is 2. The Labute approximate surface area is 237 Å². The number of nitrogens with zero attached hydrogens (tertiary/aromatic N) is 1. The number of hydrogen-bond donors (Lipinski definition) is 1. The van der Waals surface area contributed by atoms with Crippen LogP contribution in [0.5, 0.6) is 0 Å². The van der Waals surface area contributed by atoms with E-state index >= 15 is 0 Å². The van der Waals surface area contributed by atoms with Crippen LogP contribution in [0.25, 0.3) is 0 Å². The summed E-state index contributed by atoms with van der Waals surface area (Å²) in [6.07, 6.45) is 1.01. The molecule has 0 spiro atoms. The van der Waals surface area contributed by atoms with Gasteiger partial charge in [-0.05, 0) is 48.6 Å². The minimum atomic E-state index is -0.693. The van der Waals surface area contributed by atoms with Gasteiger partial charge in [-0.15, -0.1) is 0 Å². The highest BCUT2D eigenvalue weighted by Gasteiger charge is 2.44.